The van der Waals surface area contributed by atoms with Gasteiger partial charge >= 0.3 is 0 Å². The third-order valence-corrected chi connectivity index (χ3v) is 3.03. The number of nitrogens with zero attached hydrogens (tertiary/aromatic N) is 1. The lowest BCUT2D eigenvalue weighted by Crippen LogP contribution is -2.19. The molecular weight excluding hydrogens is 280 g/mol. The molecule has 0 bridgehead atoms. The van der Waals surface area contributed by atoms with Crippen LogP contribution in [0, 0.1) is 0 Å². The predicted molar refractivity (Wildman–Crippen MR) is 76.5 cm³/mol. The third kappa shape index (κ3) is 3.19. The van der Waals surface area contributed by atoms with E-state index in [2.05, 4.69) is 5.32 Å². The minimum Gasteiger partial charge on any atom is -0.495 e. The van der Waals surface area contributed by atoms with Crippen molar-refractivity contribution in [3.05, 3.63) is 47.2 Å². The molecule has 1 N–H and O–H groups in total. The van der Waals surface area contributed by atoms with Gasteiger partial charge in [-0.05, 0) is 30.3 Å². The van der Waals surface area contributed by atoms with Crippen LogP contribution in [0.25, 0.3) is 0 Å². The van der Waals surface area contributed by atoms with Crippen LogP contribution in [-0.4, -0.2) is 23.9 Å². The number of halogens is 1. The maximum atomic E-state index is 11.9. The molecule has 0 aliphatic carbocycles. The van der Waals surface area contributed by atoms with Crippen molar-refractivity contribution in [2.24, 2.45) is 0 Å². The van der Waals surface area contributed by atoms with E-state index in [0.29, 0.717) is 28.4 Å². The molecule has 2 aromatic rings. The Labute approximate surface area is 121 Å². The van der Waals surface area contributed by atoms with E-state index in [0.717, 1.165) is 0 Å². The maximum Gasteiger partial charge on any atom is 0.244 e. The van der Waals surface area contributed by atoms with E-state index in [-0.39, 0.29) is 12.5 Å². The molecule has 1 aromatic heterocycles. The molecule has 0 spiro atoms. The second-order valence-electron chi connectivity index (χ2n) is 4.08. The number of aromatic nitrogens is 1. The van der Waals surface area contributed by atoms with Gasteiger partial charge in [-0.1, -0.05) is 11.6 Å². The Kier molecular flexibility index (Phi) is 4.42. The highest BCUT2D eigenvalue weighted by Gasteiger charge is 2.08. The summed E-state index contributed by atoms with van der Waals surface area (Å²) in [5, 5.41) is 3.12. The SMILES string of the molecule is COc1ccc(NC(=O)Cn2cccc2C=O)cc1Cl. The lowest BCUT2D eigenvalue weighted by Gasteiger charge is -2.09. The number of nitrogens with one attached hydrogen (secondary N) is 1. The number of carbonyl (C=O) groups excluding carboxylic acids is 2. The average molecular weight is 293 g/mol. The van der Waals surface area contributed by atoms with E-state index in [4.69, 9.17) is 16.3 Å². The average Bonchev–Trinajstić information content (AvgIpc) is 2.86. The summed E-state index contributed by atoms with van der Waals surface area (Å²) in [6.45, 7) is 0.0602. The predicted octanol–water partition coefficient (Wildman–Crippen LogP) is 2.60. The molecule has 0 radical (unpaired) electrons. The zero-order chi connectivity index (χ0) is 14.5. The third-order valence-electron chi connectivity index (χ3n) is 2.73. The zero-order valence-corrected chi connectivity index (χ0v) is 11.6. The molecule has 104 valence electrons. The highest BCUT2D eigenvalue weighted by atomic mass is 35.5. The van der Waals surface area contributed by atoms with Crippen molar-refractivity contribution in [1.82, 2.24) is 4.57 Å². The summed E-state index contributed by atoms with van der Waals surface area (Å²) in [5.74, 6) is 0.295. The number of aldehydes is 1. The molecule has 0 saturated carbocycles. The number of amides is 1. The van der Waals surface area contributed by atoms with E-state index in [1.165, 1.54) is 7.11 Å². The number of benzene rings is 1. The molecule has 0 fully saturated rings. The lowest BCUT2D eigenvalue weighted by molar-refractivity contribution is -0.116. The molecule has 0 unspecified atom stereocenters. The summed E-state index contributed by atoms with van der Waals surface area (Å²) in [7, 11) is 1.52. The van der Waals surface area contributed by atoms with E-state index >= 15 is 0 Å². The summed E-state index contributed by atoms with van der Waals surface area (Å²) < 4.78 is 6.60. The Bertz CT molecular complexity index is 637. The molecule has 0 saturated heterocycles. The first-order valence-corrected chi connectivity index (χ1v) is 6.25. The van der Waals surface area contributed by atoms with E-state index in [1.807, 2.05) is 0 Å². The molecule has 1 amide bonds. The van der Waals surface area contributed by atoms with Crippen LogP contribution in [0.15, 0.2) is 36.5 Å². The molecule has 6 heteroatoms. The first-order valence-electron chi connectivity index (χ1n) is 5.87. The minimum atomic E-state index is -0.245. The molecule has 0 aliphatic heterocycles. The molecule has 1 heterocycles. The largest absolute Gasteiger partial charge is 0.495 e. The second kappa shape index (κ2) is 6.25. The monoisotopic (exact) mass is 292 g/mol. The number of hydrogen-bond donors (Lipinski definition) is 1. The van der Waals surface area contributed by atoms with Crippen LogP contribution >= 0.6 is 11.6 Å². The van der Waals surface area contributed by atoms with Crippen molar-refractivity contribution in [3.8, 4) is 5.75 Å². The number of methoxy groups -OCH3 is 1. The van der Waals surface area contributed by atoms with Gasteiger partial charge in [0.2, 0.25) is 5.91 Å². The van der Waals surface area contributed by atoms with Crippen molar-refractivity contribution >= 4 is 29.5 Å². The highest BCUT2D eigenvalue weighted by molar-refractivity contribution is 6.32. The zero-order valence-electron chi connectivity index (χ0n) is 10.8. The van der Waals surface area contributed by atoms with Crippen LogP contribution in [0.5, 0.6) is 5.75 Å². The van der Waals surface area contributed by atoms with Crippen molar-refractivity contribution in [2.45, 2.75) is 6.54 Å². The Morgan fingerprint density at radius 3 is 2.90 bits per heavy atom. The summed E-state index contributed by atoms with van der Waals surface area (Å²) in [6, 6.07) is 8.32. The van der Waals surface area contributed by atoms with Crippen molar-refractivity contribution in [2.75, 3.05) is 12.4 Å². The molecule has 0 atom stereocenters. The van der Waals surface area contributed by atoms with Gasteiger partial charge in [-0.2, -0.15) is 0 Å². The van der Waals surface area contributed by atoms with E-state index in [1.54, 1.807) is 41.1 Å². The van der Waals surface area contributed by atoms with Gasteiger partial charge in [0.25, 0.3) is 0 Å². The summed E-state index contributed by atoms with van der Waals surface area (Å²) in [5.41, 5.74) is 1.02. The Morgan fingerprint density at radius 1 is 1.45 bits per heavy atom. The molecule has 1 aromatic carbocycles. The Morgan fingerprint density at radius 2 is 2.25 bits per heavy atom. The summed E-state index contributed by atoms with van der Waals surface area (Å²) >= 11 is 5.98. The number of carbonyl (C=O) groups is 2. The number of ether oxygens (including phenoxy) is 1. The molecule has 5 nitrogen and oxygen atoms in total. The molecule has 20 heavy (non-hydrogen) atoms. The topological polar surface area (TPSA) is 60.3 Å². The quantitative estimate of drug-likeness (QED) is 0.862. The number of rotatable bonds is 5. The fourth-order valence-corrected chi connectivity index (χ4v) is 2.04. The maximum absolute atomic E-state index is 11.9. The standard InChI is InChI=1S/C14H13ClN2O3/c1-20-13-5-4-10(7-12(13)15)16-14(19)8-17-6-2-3-11(17)9-18/h2-7,9H,8H2,1H3,(H,16,19). The number of hydrogen-bond acceptors (Lipinski definition) is 3. The van der Waals surface area contributed by atoms with Crippen LogP contribution in [0.3, 0.4) is 0 Å². The van der Waals surface area contributed by atoms with Crippen LogP contribution < -0.4 is 10.1 Å². The van der Waals surface area contributed by atoms with Gasteiger partial charge < -0.3 is 14.6 Å². The summed E-state index contributed by atoms with van der Waals surface area (Å²) in [6.07, 6.45) is 2.38. The van der Waals surface area contributed by atoms with Crippen LogP contribution in [0.2, 0.25) is 5.02 Å². The van der Waals surface area contributed by atoms with Crippen molar-refractivity contribution in [1.29, 1.82) is 0 Å². The van der Waals surface area contributed by atoms with Crippen molar-refractivity contribution < 1.29 is 14.3 Å². The minimum absolute atomic E-state index is 0.0602. The van der Waals surface area contributed by atoms with Crippen LogP contribution in [-0.2, 0) is 11.3 Å². The Balaban J connectivity index is 2.05. The second-order valence-corrected chi connectivity index (χ2v) is 4.48. The van der Waals surface area contributed by atoms with Crippen LogP contribution in [0.1, 0.15) is 10.5 Å². The number of anilines is 1. The molecule has 0 aliphatic rings. The fourth-order valence-electron chi connectivity index (χ4n) is 1.78. The van der Waals surface area contributed by atoms with Gasteiger partial charge in [-0.3, -0.25) is 9.59 Å². The van der Waals surface area contributed by atoms with Crippen LogP contribution in [0.4, 0.5) is 5.69 Å². The molecular formula is C14H13ClN2O3. The van der Waals surface area contributed by atoms with Crippen molar-refractivity contribution in [3.63, 3.8) is 0 Å². The lowest BCUT2D eigenvalue weighted by atomic mass is 10.3. The highest BCUT2D eigenvalue weighted by Crippen LogP contribution is 2.27. The van der Waals surface area contributed by atoms with E-state index in [9.17, 15) is 9.59 Å². The van der Waals surface area contributed by atoms with Gasteiger partial charge in [0.15, 0.2) is 6.29 Å². The summed E-state index contributed by atoms with van der Waals surface area (Å²) in [4.78, 5) is 22.7. The first-order chi connectivity index (χ1) is 9.63. The Hall–Kier alpha value is -2.27. The normalized spacial score (nSPS) is 10.1. The van der Waals surface area contributed by atoms with Gasteiger partial charge in [-0.25, -0.2) is 0 Å². The van der Waals surface area contributed by atoms with Gasteiger partial charge in [-0.15, -0.1) is 0 Å². The first kappa shape index (κ1) is 14.1. The molecule has 2 rings (SSSR count). The fraction of sp³-hybridized carbons (Fsp3) is 0.143. The van der Waals surface area contributed by atoms with Gasteiger partial charge in [0.1, 0.15) is 12.3 Å². The van der Waals surface area contributed by atoms with Gasteiger partial charge in [0.05, 0.1) is 17.8 Å². The van der Waals surface area contributed by atoms with E-state index < -0.39 is 0 Å². The smallest absolute Gasteiger partial charge is 0.244 e. The van der Waals surface area contributed by atoms with Gasteiger partial charge in [0, 0.05) is 11.9 Å².